The monoisotopic (exact) mass is 655 g/mol. The Morgan fingerprint density at radius 2 is 1.70 bits per heavy atom. The molecule has 1 aromatic rings. The van der Waals surface area contributed by atoms with Gasteiger partial charge in [-0.1, -0.05) is 38.1 Å². The highest BCUT2D eigenvalue weighted by molar-refractivity contribution is 7.89. The van der Waals surface area contributed by atoms with E-state index in [0.29, 0.717) is 30.4 Å². The van der Waals surface area contributed by atoms with Crippen LogP contribution in [0.25, 0.3) is 0 Å². The van der Waals surface area contributed by atoms with Gasteiger partial charge in [0.2, 0.25) is 15.8 Å². The van der Waals surface area contributed by atoms with Gasteiger partial charge >= 0.3 is 5.97 Å². The van der Waals surface area contributed by atoms with Crippen LogP contribution in [-0.2, 0) is 33.9 Å². The number of hydrogen-bond acceptors (Lipinski definition) is 9. The molecular formula is C35H45NO9S. The summed E-state index contributed by atoms with van der Waals surface area (Å²) in [4.78, 5) is 42.5. The Bertz CT molecular complexity index is 1650. The maximum Gasteiger partial charge on any atom is 0.309 e. The Balaban J connectivity index is 1.18. The first kappa shape index (κ1) is 32.1. The Hall–Kier alpha value is -2.44. The number of fused-ring (bicyclic) bond motifs is 2. The van der Waals surface area contributed by atoms with E-state index in [1.807, 2.05) is 32.9 Å². The lowest BCUT2D eigenvalue weighted by Crippen LogP contribution is -2.85. The lowest BCUT2D eigenvalue weighted by molar-refractivity contribution is -0.437. The van der Waals surface area contributed by atoms with Crippen molar-refractivity contribution in [1.82, 2.24) is 4.31 Å². The minimum absolute atomic E-state index is 0.0801. The number of aliphatic hydroxyl groups is 2. The standard InChI is InChI=1S/C35H45NO9S/c1-18-15-19(2)26(20(3)16-18)46(42,43)36-13-10-22(11-14-36)31(40)45-30-23-7-8-24-33-17-44-35(41,34(24,30)28(38)21(23)4)29(39)27(33)32(5,6)12-9-25(33)37/h15-16,22-24,27,29-30,39,41H,4,7-14,17H2,1-3,5-6H3/t23-,24-,27+,29-,30+,33+,34-,35+/m0/s1. The van der Waals surface area contributed by atoms with E-state index in [4.69, 9.17) is 9.47 Å². The Labute approximate surface area is 270 Å². The number of piperidine rings is 1. The molecule has 4 saturated carbocycles. The summed E-state index contributed by atoms with van der Waals surface area (Å²) in [5, 5.41) is 24.3. The molecule has 7 aliphatic rings. The molecule has 4 bridgehead atoms. The number of hydrogen-bond donors (Lipinski definition) is 2. The molecule has 3 saturated heterocycles. The van der Waals surface area contributed by atoms with Crippen LogP contribution in [0.15, 0.2) is 29.2 Å². The normalized spacial score (nSPS) is 40.5. The number of Topliss-reactive ketones (excluding diaryl/α,β-unsaturated/α-hetero) is 2. The average molecular weight is 656 g/mol. The number of ketones is 2. The maximum absolute atomic E-state index is 14.3. The van der Waals surface area contributed by atoms with E-state index in [-0.39, 0.29) is 55.2 Å². The van der Waals surface area contributed by atoms with Gasteiger partial charge in [0.1, 0.15) is 23.4 Å². The molecule has 8 atom stereocenters. The van der Waals surface area contributed by atoms with Crippen LogP contribution < -0.4 is 0 Å². The van der Waals surface area contributed by atoms with Gasteiger partial charge in [-0.05, 0) is 80.9 Å². The summed E-state index contributed by atoms with van der Waals surface area (Å²) in [6.07, 6.45) is -0.535. The first-order valence-corrected chi connectivity index (χ1v) is 18.0. The van der Waals surface area contributed by atoms with Crippen LogP contribution in [0.1, 0.15) is 69.1 Å². The molecule has 250 valence electrons. The topological polar surface area (TPSA) is 148 Å². The van der Waals surface area contributed by atoms with E-state index in [1.165, 1.54) is 4.31 Å². The number of ether oxygens (including phenoxy) is 2. The second-order valence-electron chi connectivity index (χ2n) is 15.6. The first-order valence-electron chi connectivity index (χ1n) is 16.6. The molecule has 7 fully saturated rings. The molecule has 46 heavy (non-hydrogen) atoms. The number of rotatable bonds is 4. The number of esters is 1. The predicted molar refractivity (Wildman–Crippen MR) is 166 cm³/mol. The fourth-order valence-corrected chi connectivity index (χ4v) is 12.9. The molecule has 4 aliphatic carbocycles. The average Bonchev–Trinajstić information content (AvgIpc) is 3.09. The van der Waals surface area contributed by atoms with Crippen molar-refractivity contribution in [3.05, 3.63) is 41.0 Å². The Kier molecular flexibility index (Phi) is 7.01. The second-order valence-corrected chi connectivity index (χ2v) is 17.5. The van der Waals surface area contributed by atoms with Crippen molar-refractivity contribution in [1.29, 1.82) is 0 Å². The summed E-state index contributed by atoms with van der Waals surface area (Å²) in [5.41, 5.74) is -1.00. The fraction of sp³-hybridized carbons (Fsp3) is 0.686. The van der Waals surface area contributed by atoms with Crippen molar-refractivity contribution in [3.8, 4) is 0 Å². The number of sulfonamides is 1. The van der Waals surface area contributed by atoms with Crippen LogP contribution >= 0.6 is 0 Å². The highest BCUT2D eigenvalue weighted by atomic mass is 32.2. The molecule has 0 radical (unpaired) electrons. The number of carbonyl (C=O) groups is 3. The van der Waals surface area contributed by atoms with Crippen molar-refractivity contribution < 1.29 is 42.5 Å². The summed E-state index contributed by atoms with van der Waals surface area (Å²) in [5.74, 6) is -6.05. The van der Waals surface area contributed by atoms with Crippen molar-refractivity contribution >= 4 is 27.6 Å². The van der Waals surface area contributed by atoms with Crippen LogP contribution in [0.4, 0.5) is 0 Å². The second kappa shape index (κ2) is 10.0. The van der Waals surface area contributed by atoms with E-state index in [2.05, 4.69) is 6.58 Å². The van der Waals surface area contributed by atoms with E-state index in [9.17, 15) is 33.0 Å². The smallest absolute Gasteiger partial charge is 0.309 e. The van der Waals surface area contributed by atoms with Gasteiger partial charge in [0, 0.05) is 31.3 Å². The summed E-state index contributed by atoms with van der Waals surface area (Å²) in [6.45, 7) is 13.7. The summed E-state index contributed by atoms with van der Waals surface area (Å²) in [7, 11) is -3.79. The maximum atomic E-state index is 14.3. The van der Waals surface area contributed by atoms with E-state index in [0.717, 1.165) is 5.56 Å². The van der Waals surface area contributed by atoms with Gasteiger partial charge in [-0.25, -0.2) is 8.42 Å². The number of nitrogens with zero attached hydrogens (tertiary/aromatic N) is 1. The highest BCUT2D eigenvalue weighted by Gasteiger charge is 2.88. The van der Waals surface area contributed by atoms with Gasteiger partial charge in [-0.3, -0.25) is 14.4 Å². The van der Waals surface area contributed by atoms with Gasteiger partial charge in [-0.15, -0.1) is 0 Å². The number of aryl methyl sites for hydroxylation is 3. The molecule has 3 aliphatic heterocycles. The zero-order valence-corrected chi connectivity index (χ0v) is 28.1. The van der Waals surface area contributed by atoms with Crippen molar-refractivity contribution in [2.75, 3.05) is 19.7 Å². The first-order chi connectivity index (χ1) is 21.5. The molecule has 2 N–H and O–H groups in total. The Morgan fingerprint density at radius 3 is 2.33 bits per heavy atom. The van der Waals surface area contributed by atoms with Gasteiger partial charge in [0.25, 0.3) is 0 Å². The van der Waals surface area contributed by atoms with Crippen molar-refractivity contribution in [2.45, 2.75) is 96.0 Å². The summed E-state index contributed by atoms with van der Waals surface area (Å²) >= 11 is 0. The van der Waals surface area contributed by atoms with Crippen LogP contribution in [0.2, 0.25) is 0 Å². The number of benzene rings is 1. The van der Waals surface area contributed by atoms with Crippen LogP contribution in [0.3, 0.4) is 0 Å². The van der Waals surface area contributed by atoms with Gasteiger partial charge in [0.15, 0.2) is 5.78 Å². The van der Waals surface area contributed by atoms with Gasteiger partial charge in [-0.2, -0.15) is 4.31 Å². The third-order valence-electron chi connectivity index (χ3n) is 12.9. The number of aliphatic hydroxyl groups excluding tert-OH is 1. The largest absolute Gasteiger partial charge is 0.460 e. The van der Waals surface area contributed by atoms with Gasteiger partial charge < -0.3 is 19.7 Å². The third kappa shape index (κ3) is 3.78. The summed E-state index contributed by atoms with van der Waals surface area (Å²) in [6, 6.07) is 3.70. The lowest BCUT2D eigenvalue weighted by Gasteiger charge is -2.73. The minimum Gasteiger partial charge on any atom is -0.460 e. The molecule has 0 aromatic heterocycles. The fourth-order valence-electron chi connectivity index (χ4n) is 11.0. The zero-order valence-electron chi connectivity index (χ0n) is 27.3. The molecule has 0 amide bonds. The van der Waals surface area contributed by atoms with Crippen molar-refractivity contribution in [2.24, 2.45) is 39.9 Å². The van der Waals surface area contributed by atoms with E-state index >= 15 is 0 Å². The van der Waals surface area contributed by atoms with E-state index in [1.54, 1.807) is 13.8 Å². The van der Waals surface area contributed by atoms with Crippen LogP contribution in [0, 0.1) is 60.7 Å². The quantitative estimate of drug-likeness (QED) is 0.369. The molecule has 11 heteroatoms. The molecule has 3 heterocycles. The minimum atomic E-state index is -3.79. The number of carbonyl (C=O) groups excluding carboxylic acids is 3. The van der Waals surface area contributed by atoms with Gasteiger partial charge in [0.05, 0.1) is 22.8 Å². The SMILES string of the molecule is C=C1C(=O)[C@]23[C@H](OC(=O)C4CCN(S(=O)(=O)c5c(C)cc(C)cc5C)CC4)[C@H]1CC[C@H]2[C@@]12CO[C@]3(O)[C@@H](O)[C@@H]1C(C)(C)CCC2=O. The highest BCUT2D eigenvalue weighted by Crippen LogP contribution is 2.76. The molecule has 10 nitrogen and oxygen atoms in total. The third-order valence-corrected chi connectivity index (χ3v) is 15.1. The predicted octanol–water partition coefficient (Wildman–Crippen LogP) is 3.16. The van der Waals surface area contributed by atoms with Crippen molar-refractivity contribution in [3.63, 3.8) is 0 Å². The molecule has 8 rings (SSSR count). The molecule has 1 aromatic carbocycles. The molecule has 0 unspecified atom stereocenters. The zero-order chi connectivity index (χ0) is 33.4. The Morgan fingerprint density at radius 1 is 1.07 bits per heavy atom. The van der Waals surface area contributed by atoms with Crippen LogP contribution in [-0.4, -0.2) is 78.2 Å². The van der Waals surface area contributed by atoms with E-state index < -0.39 is 79.7 Å². The lowest BCUT2D eigenvalue weighted by atomic mass is 9.36. The summed E-state index contributed by atoms with van der Waals surface area (Å²) < 4.78 is 41.0. The van der Waals surface area contributed by atoms with Crippen LogP contribution in [0.5, 0.6) is 0 Å². The molecular weight excluding hydrogens is 610 g/mol. The molecule has 2 spiro atoms.